The van der Waals surface area contributed by atoms with E-state index in [0.717, 1.165) is 6.42 Å². The van der Waals surface area contributed by atoms with Gasteiger partial charge in [-0.3, -0.25) is 14.5 Å². The van der Waals surface area contributed by atoms with Gasteiger partial charge in [-0.1, -0.05) is 11.6 Å². The minimum atomic E-state index is -0.897. The summed E-state index contributed by atoms with van der Waals surface area (Å²) in [5.41, 5.74) is 1.12. The molecule has 1 fully saturated rings. The molecule has 0 spiro atoms. The number of carboxylic acid groups (broad SMARTS) is 1. The van der Waals surface area contributed by atoms with E-state index in [1.54, 1.807) is 23.1 Å². The Bertz CT molecular complexity index is 750. The Morgan fingerprint density at radius 3 is 2.96 bits per heavy atom. The third-order valence-electron chi connectivity index (χ3n) is 3.89. The lowest BCUT2D eigenvalue weighted by Crippen LogP contribution is -2.41. The van der Waals surface area contributed by atoms with Crippen LogP contribution in [0.15, 0.2) is 30.9 Å². The minimum absolute atomic E-state index is 0.0142. The van der Waals surface area contributed by atoms with E-state index < -0.39 is 12.0 Å². The van der Waals surface area contributed by atoms with E-state index in [-0.39, 0.29) is 12.5 Å². The lowest BCUT2D eigenvalue weighted by Gasteiger charge is -2.20. The number of carboxylic acids is 1. The second kappa shape index (κ2) is 6.98. The van der Waals surface area contributed by atoms with Crippen LogP contribution in [-0.2, 0) is 9.59 Å². The van der Waals surface area contributed by atoms with E-state index in [9.17, 15) is 14.7 Å². The zero-order valence-electron chi connectivity index (χ0n) is 12.7. The maximum atomic E-state index is 12.3. The van der Waals surface area contributed by atoms with Gasteiger partial charge in [-0.05, 0) is 37.6 Å². The van der Waals surface area contributed by atoms with Crippen molar-refractivity contribution in [2.75, 3.05) is 18.4 Å². The Morgan fingerprint density at radius 2 is 2.25 bits per heavy atom. The summed E-state index contributed by atoms with van der Waals surface area (Å²) in [5, 5.41) is 16.5. The van der Waals surface area contributed by atoms with Crippen LogP contribution in [0.5, 0.6) is 0 Å². The summed E-state index contributed by atoms with van der Waals surface area (Å²) in [5.74, 6) is -1.20. The van der Waals surface area contributed by atoms with Gasteiger partial charge in [0.2, 0.25) is 5.91 Å². The van der Waals surface area contributed by atoms with Crippen LogP contribution in [0.4, 0.5) is 5.69 Å². The average Bonchev–Trinajstić information content (AvgIpc) is 3.18. The second-order valence-corrected chi connectivity index (χ2v) is 5.95. The highest BCUT2D eigenvalue weighted by Gasteiger charge is 2.31. The lowest BCUT2D eigenvalue weighted by atomic mass is 10.2. The van der Waals surface area contributed by atoms with Gasteiger partial charge in [0.1, 0.15) is 18.7 Å². The van der Waals surface area contributed by atoms with Crippen LogP contribution in [0.25, 0.3) is 5.69 Å². The number of hydrogen-bond acceptors (Lipinski definition) is 5. The van der Waals surface area contributed by atoms with Crippen LogP contribution in [0, 0.1) is 0 Å². The lowest BCUT2D eigenvalue weighted by molar-refractivity contribution is -0.142. The van der Waals surface area contributed by atoms with E-state index in [2.05, 4.69) is 15.4 Å². The minimum Gasteiger partial charge on any atom is -0.480 e. The van der Waals surface area contributed by atoms with E-state index in [1.807, 2.05) is 0 Å². The number of hydrogen-bond donors (Lipinski definition) is 2. The normalized spacial score (nSPS) is 17.8. The maximum Gasteiger partial charge on any atom is 0.320 e. The summed E-state index contributed by atoms with van der Waals surface area (Å²) in [4.78, 5) is 29.1. The van der Waals surface area contributed by atoms with Crippen LogP contribution >= 0.6 is 11.6 Å². The quantitative estimate of drug-likeness (QED) is 0.846. The molecule has 3 rings (SSSR count). The van der Waals surface area contributed by atoms with Gasteiger partial charge in [-0.25, -0.2) is 9.67 Å². The summed E-state index contributed by atoms with van der Waals surface area (Å²) in [6.07, 6.45) is 4.23. The highest BCUT2D eigenvalue weighted by molar-refractivity contribution is 6.31. The number of halogens is 1. The van der Waals surface area contributed by atoms with Gasteiger partial charge in [0.05, 0.1) is 17.9 Å². The number of carbonyl (C=O) groups is 2. The Kier molecular flexibility index (Phi) is 4.77. The number of likely N-dealkylation sites (tertiary alicyclic amines) is 1. The summed E-state index contributed by atoms with van der Waals surface area (Å²) in [6, 6.07) is 4.43. The van der Waals surface area contributed by atoms with Gasteiger partial charge in [0, 0.05) is 5.02 Å². The molecule has 9 heteroatoms. The first-order valence-corrected chi connectivity index (χ1v) is 7.83. The fourth-order valence-electron chi connectivity index (χ4n) is 2.81. The highest BCUT2D eigenvalue weighted by Crippen LogP contribution is 2.24. The van der Waals surface area contributed by atoms with Gasteiger partial charge < -0.3 is 10.4 Å². The number of amides is 1. The molecule has 1 atom stereocenters. The summed E-state index contributed by atoms with van der Waals surface area (Å²) in [7, 11) is 0. The molecule has 2 aromatic rings. The number of nitrogens with one attached hydrogen (secondary N) is 1. The van der Waals surface area contributed by atoms with Crippen LogP contribution in [0.2, 0.25) is 5.02 Å². The first kappa shape index (κ1) is 16.4. The van der Waals surface area contributed by atoms with Crippen LogP contribution in [0.1, 0.15) is 12.8 Å². The van der Waals surface area contributed by atoms with Crippen molar-refractivity contribution in [3.8, 4) is 5.69 Å². The summed E-state index contributed by atoms with van der Waals surface area (Å²) < 4.78 is 1.52. The Labute approximate surface area is 143 Å². The van der Waals surface area contributed by atoms with Crippen molar-refractivity contribution in [1.82, 2.24) is 19.7 Å². The van der Waals surface area contributed by atoms with E-state index in [0.29, 0.717) is 29.4 Å². The van der Waals surface area contributed by atoms with E-state index >= 15 is 0 Å². The molecule has 0 aliphatic carbocycles. The van der Waals surface area contributed by atoms with Crippen molar-refractivity contribution in [1.29, 1.82) is 0 Å². The number of benzene rings is 1. The molecule has 1 aliphatic rings. The van der Waals surface area contributed by atoms with Gasteiger partial charge in [-0.15, -0.1) is 0 Å². The predicted octanol–water partition coefficient (Wildman–Crippen LogP) is 1.41. The smallest absolute Gasteiger partial charge is 0.320 e. The third kappa shape index (κ3) is 3.55. The molecule has 0 bridgehead atoms. The molecule has 24 heavy (non-hydrogen) atoms. The fourth-order valence-corrected chi connectivity index (χ4v) is 2.98. The Hall–Kier alpha value is -2.45. The predicted molar refractivity (Wildman–Crippen MR) is 87.2 cm³/mol. The van der Waals surface area contributed by atoms with Gasteiger partial charge >= 0.3 is 5.97 Å². The summed E-state index contributed by atoms with van der Waals surface area (Å²) >= 11 is 6.01. The van der Waals surface area contributed by atoms with Gasteiger partial charge in [0.25, 0.3) is 0 Å². The molecule has 1 aromatic heterocycles. The van der Waals surface area contributed by atoms with Crippen molar-refractivity contribution < 1.29 is 14.7 Å². The first-order chi connectivity index (χ1) is 11.5. The number of nitrogens with zero attached hydrogens (tertiary/aromatic N) is 4. The first-order valence-electron chi connectivity index (χ1n) is 7.46. The average molecular weight is 350 g/mol. The molecule has 0 radical (unpaired) electrons. The molecule has 1 saturated heterocycles. The highest BCUT2D eigenvalue weighted by atomic mass is 35.5. The van der Waals surface area contributed by atoms with Crippen molar-refractivity contribution >= 4 is 29.2 Å². The molecule has 126 valence electrons. The Balaban J connectivity index is 1.75. The largest absolute Gasteiger partial charge is 0.480 e. The summed E-state index contributed by atoms with van der Waals surface area (Å²) in [6.45, 7) is 0.607. The SMILES string of the molecule is O=C(CN1CCCC1C(=O)O)Nc1cc(Cl)ccc1-n1cncn1. The number of anilines is 1. The van der Waals surface area contributed by atoms with Crippen molar-refractivity contribution in [2.24, 2.45) is 0 Å². The van der Waals surface area contributed by atoms with Gasteiger partial charge in [0.15, 0.2) is 0 Å². The zero-order chi connectivity index (χ0) is 17.1. The van der Waals surface area contributed by atoms with Crippen molar-refractivity contribution in [2.45, 2.75) is 18.9 Å². The zero-order valence-corrected chi connectivity index (χ0v) is 13.5. The van der Waals surface area contributed by atoms with Crippen molar-refractivity contribution in [3.05, 3.63) is 35.9 Å². The molecule has 2 heterocycles. The molecule has 1 aromatic carbocycles. The van der Waals surface area contributed by atoms with Crippen LogP contribution in [0.3, 0.4) is 0 Å². The standard InChI is InChI=1S/C15H16ClN5O3/c16-10-3-4-12(21-9-17-8-18-21)11(6-10)19-14(22)7-20-5-1-2-13(20)15(23)24/h3-4,6,8-9,13H,1-2,5,7H2,(H,19,22)(H,23,24). The van der Waals surface area contributed by atoms with Crippen LogP contribution < -0.4 is 5.32 Å². The second-order valence-electron chi connectivity index (χ2n) is 5.52. The molecular formula is C15H16ClN5O3. The molecular weight excluding hydrogens is 334 g/mol. The number of rotatable bonds is 5. The molecule has 2 N–H and O–H groups in total. The number of aromatic nitrogens is 3. The van der Waals surface area contributed by atoms with Crippen molar-refractivity contribution in [3.63, 3.8) is 0 Å². The Morgan fingerprint density at radius 1 is 1.42 bits per heavy atom. The fraction of sp³-hybridized carbons (Fsp3) is 0.333. The van der Waals surface area contributed by atoms with E-state index in [4.69, 9.17) is 11.6 Å². The topological polar surface area (TPSA) is 100 Å². The molecule has 8 nitrogen and oxygen atoms in total. The molecule has 1 aliphatic heterocycles. The molecule has 0 saturated carbocycles. The number of carbonyl (C=O) groups excluding carboxylic acids is 1. The van der Waals surface area contributed by atoms with Crippen LogP contribution in [-0.4, -0.2) is 55.8 Å². The maximum absolute atomic E-state index is 12.3. The molecule has 1 unspecified atom stereocenters. The third-order valence-corrected chi connectivity index (χ3v) is 4.13. The number of aliphatic carboxylic acids is 1. The monoisotopic (exact) mass is 349 g/mol. The van der Waals surface area contributed by atoms with E-state index in [1.165, 1.54) is 17.3 Å². The van der Waals surface area contributed by atoms with Gasteiger partial charge in [-0.2, -0.15) is 5.10 Å². The molecule has 1 amide bonds.